The summed E-state index contributed by atoms with van der Waals surface area (Å²) in [6.45, 7) is 3.57. The molecular weight excluding hydrogens is 378 g/mol. The first-order valence-corrected chi connectivity index (χ1v) is 9.06. The zero-order valence-electron chi connectivity index (χ0n) is 15.3. The van der Waals surface area contributed by atoms with Crippen molar-refractivity contribution in [2.75, 3.05) is 0 Å². The number of pyridine rings is 1. The number of ether oxygens (including phenoxy) is 1. The van der Waals surface area contributed by atoms with E-state index in [2.05, 4.69) is 4.98 Å². The van der Waals surface area contributed by atoms with E-state index in [1.807, 2.05) is 38.1 Å². The second kappa shape index (κ2) is 7.09. The summed E-state index contributed by atoms with van der Waals surface area (Å²) in [6.07, 6.45) is 0. The van der Waals surface area contributed by atoms with Crippen molar-refractivity contribution in [2.24, 2.45) is 0 Å². The van der Waals surface area contributed by atoms with E-state index >= 15 is 0 Å². The Bertz CT molecular complexity index is 1290. The Morgan fingerprint density at radius 3 is 2.71 bits per heavy atom. The molecule has 0 saturated heterocycles. The van der Waals surface area contributed by atoms with E-state index in [-0.39, 0.29) is 6.61 Å². The summed E-state index contributed by atoms with van der Waals surface area (Å²) >= 11 is 6.21. The molecule has 2 heterocycles. The summed E-state index contributed by atoms with van der Waals surface area (Å²) in [5.74, 6) is -0.485. The largest absolute Gasteiger partial charge is 0.457 e. The summed E-state index contributed by atoms with van der Waals surface area (Å²) < 4.78 is 10.8. The van der Waals surface area contributed by atoms with Crippen LogP contribution in [-0.4, -0.2) is 11.0 Å². The number of hydrogen-bond donors (Lipinski definition) is 0. The first-order chi connectivity index (χ1) is 13.4. The summed E-state index contributed by atoms with van der Waals surface area (Å²) in [6, 6.07) is 13.8. The Hall–Kier alpha value is -3.18. The third kappa shape index (κ3) is 3.37. The number of aromatic nitrogens is 1. The molecule has 5 nitrogen and oxygen atoms in total. The number of fused-ring (bicyclic) bond motifs is 2. The number of nitrogens with zero attached hydrogens (tertiary/aromatic N) is 1. The van der Waals surface area contributed by atoms with Gasteiger partial charge in [0.2, 0.25) is 0 Å². The molecule has 0 unspecified atom stereocenters. The highest BCUT2D eigenvalue weighted by molar-refractivity contribution is 6.32. The standard InChI is InChI=1S/C22H16ClNO4/c1-12-7-20-16(10-18(12)23)14(9-21(25)28-20)11-27-22(26)17-8-13(2)24-19-6-4-3-5-15(17)19/h3-10H,11H2,1-2H3. The lowest BCUT2D eigenvalue weighted by Crippen LogP contribution is -2.09. The van der Waals surface area contributed by atoms with E-state index in [1.165, 1.54) is 6.07 Å². The number of carbonyl (C=O) groups excluding carboxylic acids is 1. The van der Waals surface area contributed by atoms with E-state index in [9.17, 15) is 9.59 Å². The smallest absolute Gasteiger partial charge is 0.339 e. The van der Waals surface area contributed by atoms with Gasteiger partial charge in [-0.3, -0.25) is 4.98 Å². The Labute approximate surface area is 165 Å². The van der Waals surface area contributed by atoms with Crippen molar-refractivity contribution in [3.8, 4) is 0 Å². The van der Waals surface area contributed by atoms with E-state index in [0.29, 0.717) is 32.5 Å². The lowest BCUT2D eigenvalue weighted by molar-refractivity contribution is 0.0476. The van der Waals surface area contributed by atoms with Gasteiger partial charge in [-0.05, 0) is 43.7 Å². The molecule has 0 amide bonds. The number of carbonyl (C=O) groups is 1. The molecule has 0 aliphatic carbocycles. The van der Waals surface area contributed by atoms with Gasteiger partial charge in [-0.15, -0.1) is 0 Å². The maximum Gasteiger partial charge on any atom is 0.339 e. The van der Waals surface area contributed by atoms with Crippen molar-refractivity contribution in [1.29, 1.82) is 0 Å². The van der Waals surface area contributed by atoms with Crippen molar-refractivity contribution < 1.29 is 13.9 Å². The molecule has 0 radical (unpaired) electrons. The molecule has 4 rings (SSSR count). The van der Waals surface area contributed by atoms with Crippen molar-refractivity contribution in [2.45, 2.75) is 20.5 Å². The summed E-state index contributed by atoms with van der Waals surface area (Å²) in [5, 5.41) is 1.90. The minimum atomic E-state index is -0.509. The Morgan fingerprint density at radius 1 is 1.11 bits per heavy atom. The number of esters is 1. The van der Waals surface area contributed by atoms with Gasteiger partial charge in [0.1, 0.15) is 12.2 Å². The molecule has 0 fully saturated rings. The van der Waals surface area contributed by atoms with Crippen LogP contribution >= 0.6 is 11.6 Å². The number of aryl methyl sites for hydroxylation is 2. The van der Waals surface area contributed by atoms with Gasteiger partial charge in [0.25, 0.3) is 0 Å². The molecular formula is C22H16ClNO4. The van der Waals surface area contributed by atoms with Gasteiger partial charge in [0.05, 0.1) is 11.1 Å². The average Bonchev–Trinajstić information content (AvgIpc) is 2.66. The zero-order valence-corrected chi connectivity index (χ0v) is 16.0. The fourth-order valence-corrected chi connectivity index (χ4v) is 3.33. The van der Waals surface area contributed by atoms with Gasteiger partial charge in [-0.1, -0.05) is 29.8 Å². The number of hydrogen-bond acceptors (Lipinski definition) is 5. The van der Waals surface area contributed by atoms with Crippen LogP contribution in [0, 0.1) is 13.8 Å². The van der Waals surface area contributed by atoms with Gasteiger partial charge < -0.3 is 9.15 Å². The molecule has 2 aromatic carbocycles. The van der Waals surface area contributed by atoms with Gasteiger partial charge >= 0.3 is 11.6 Å². The van der Waals surface area contributed by atoms with Crippen LogP contribution in [-0.2, 0) is 11.3 Å². The monoisotopic (exact) mass is 393 g/mol. The zero-order chi connectivity index (χ0) is 19.8. The summed E-state index contributed by atoms with van der Waals surface area (Å²) in [4.78, 5) is 29.1. The molecule has 0 aliphatic heterocycles. The molecule has 0 saturated carbocycles. The summed E-state index contributed by atoms with van der Waals surface area (Å²) in [7, 11) is 0. The molecule has 2 aromatic heterocycles. The van der Waals surface area contributed by atoms with Crippen molar-refractivity contribution in [1.82, 2.24) is 4.98 Å². The quantitative estimate of drug-likeness (QED) is 0.363. The lowest BCUT2D eigenvalue weighted by Gasteiger charge is -2.10. The maximum atomic E-state index is 12.7. The number of para-hydroxylation sites is 1. The van der Waals surface area contributed by atoms with Crippen LogP contribution < -0.4 is 5.63 Å². The number of benzene rings is 2. The SMILES string of the molecule is Cc1cc(C(=O)OCc2cc(=O)oc3cc(C)c(Cl)cc23)c2ccccc2n1. The second-order valence-corrected chi connectivity index (χ2v) is 7.00. The molecule has 4 aromatic rings. The van der Waals surface area contributed by atoms with Crippen LogP contribution in [0.2, 0.25) is 5.02 Å². The molecule has 0 bridgehead atoms. The maximum absolute atomic E-state index is 12.7. The number of halogens is 1. The first-order valence-electron chi connectivity index (χ1n) is 8.69. The van der Waals surface area contributed by atoms with Crippen LogP contribution in [0.25, 0.3) is 21.9 Å². The molecule has 0 aliphatic rings. The fraction of sp³-hybridized carbons (Fsp3) is 0.136. The molecule has 0 spiro atoms. The lowest BCUT2D eigenvalue weighted by atomic mass is 10.1. The topological polar surface area (TPSA) is 69.4 Å². The Kier molecular flexibility index (Phi) is 4.61. The highest BCUT2D eigenvalue weighted by atomic mass is 35.5. The molecule has 0 N–H and O–H groups in total. The van der Waals surface area contributed by atoms with Crippen LogP contribution in [0.4, 0.5) is 0 Å². The van der Waals surface area contributed by atoms with Crippen molar-refractivity contribution in [3.63, 3.8) is 0 Å². The van der Waals surface area contributed by atoms with Crippen molar-refractivity contribution in [3.05, 3.63) is 86.4 Å². The van der Waals surface area contributed by atoms with E-state index in [0.717, 1.165) is 16.8 Å². The third-order valence-electron chi connectivity index (χ3n) is 4.53. The highest BCUT2D eigenvalue weighted by Crippen LogP contribution is 2.26. The fourth-order valence-electron chi connectivity index (χ4n) is 3.17. The van der Waals surface area contributed by atoms with Crippen molar-refractivity contribution >= 4 is 39.4 Å². The van der Waals surface area contributed by atoms with Gasteiger partial charge in [0, 0.05) is 33.1 Å². The molecule has 6 heteroatoms. The Morgan fingerprint density at radius 2 is 1.89 bits per heavy atom. The first kappa shape index (κ1) is 18.2. The van der Waals surface area contributed by atoms with Gasteiger partial charge in [0.15, 0.2) is 0 Å². The average molecular weight is 394 g/mol. The Balaban J connectivity index is 1.70. The number of rotatable bonds is 3. The minimum Gasteiger partial charge on any atom is -0.457 e. The van der Waals surface area contributed by atoms with E-state index < -0.39 is 11.6 Å². The van der Waals surface area contributed by atoms with Crippen LogP contribution in [0.3, 0.4) is 0 Å². The van der Waals surface area contributed by atoms with E-state index in [4.69, 9.17) is 20.8 Å². The predicted molar refractivity (Wildman–Crippen MR) is 108 cm³/mol. The minimum absolute atomic E-state index is 0.0734. The molecule has 0 atom stereocenters. The van der Waals surface area contributed by atoms with Gasteiger partial charge in [-0.25, -0.2) is 9.59 Å². The summed E-state index contributed by atoms with van der Waals surface area (Å²) in [5.41, 5.74) is 3.11. The van der Waals surface area contributed by atoms with Crippen LogP contribution in [0.5, 0.6) is 0 Å². The normalized spacial score (nSPS) is 11.1. The predicted octanol–water partition coefficient (Wildman–Crippen LogP) is 4.97. The second-order valence-electron chi connectivity index (χ2n) is 6.59. The van der Waals surface area contributed by atoms with Crippen LogP contribution in [0.15, 0.2) is 57.7 Å². The van der Waals surface area contributed by atoms with Crippen LogP contribution in [0.1, 0.15) is 27.2 Å². The van der Waals surface area contributed by atoms with E-state index in [1.54, 1.807) is 18.2 Å². The van der Waals surface area contributed by atoms with Gasteiger partial charge in [-0.2, -0.15) is 0 Å². The third-order valence-corrected chi connectivity index (χ3v) is 4.94. The molecule has 140 valence electrons. The molecule has 28 heavy (non-hydrogen) atoms. The highest BCUT2D eigenvalue weighted by Gasteiger charge is 2.15.